The smallest absolute Gasteiger partial charge is 0.231 e. The molecule has 1 amide bonds. The van der Waals surface area contributed by atoms with Crippen LogP contribution in [0.15, 0.2) is 40.9 Å². The van der Waals surface area contributed by atoms with Gasteiger partial charge >= 0.3 is 0 Å². The average Bonchev–Trinajstić information content (AvgIpc) is 2.71. The predicted molar refractivity (Wildman–Crippen MR) is 85.5 cm³/mol. The van der Waals surface area contributed by atoms with Crippen LogP contribution in [0.4, 0.5) is 11.4 Å². The van der Waals surface area contributed by atoms with Crippen molar-refractivity contribution in [3.05, 3.63) is 57.6 Å². The zero-order chi connectivity index (χ0) is 15.1. The molecule has 0 saturated carbocycles. The van der Waals surface area contributed by atoms with E-state index < -0.39 is 0 Å². The number of ketones is 1. The fourth-order valence-corrected chi connectivity index (χ4v) is 3.03. The van der Waals surface area contributed by atoms with Gasteiger partial charge in [0.2, 0.25) is 5.91 Å². The van der Waals surface area contributed by atoms with Crippen LogP contribution in [0.25, 0.3) is 0 Å². The number of nitrogens with two attached hydrogens (primary N) is 1. The molecule has 0 fully saturated rings. The van der Waals surface area contributed by atoms with Gasteiger partial charge in [0.05, 0.1) is 6.42 Å². The topological polar surface area (TPSA) is 63.4 Å². The number of nitrogens with zero attached hydrogens (tertiary/aromatic N) is 1. The summed E-state index contributed by atoms with van der Waals surface area (Å²) in [6, 6.07) is 10.5. The van der Waals surface area contributed by atoms with Crippen LogP contribution in [-0.4, -0.2) is 18.7 Å². The predicted octanol–water partition coefficient (Wildman–Crippen LogP) is 2.78. The molecule has 0 bridgehead atoms. The average molecular weight is 345 g/mol. The Morgan fingerprint density at radius 1 is 1.19 bits per heavy atom. The Kier molecular flexibility index (Phi) is 3.29. The van der Waals surface area contributed by atoms with Crippen molar-refractivity contribution < 1.29 is 9.59 Å². The second kappa shape index (κ2) is 5.00. The van der Waals surface area contributed by atoms with Crippen LogP contribution in [0.3, 0.4) is 0 Å². The van der Waals surface area contributed by atoms with Crippen molar-refractivity contribution in [3.8, 4) is 0 Å². The summed E-state index contributed by atoms with van der Waals surface area (Å²) in [4.78, 5) is 25.8. The van der Waals surface area contributed by atoms with Crippen molar-refractivity contribution in [2.75, 3.05) is 17.7 Å². The van der Waals surface area contributed by atoms with Crippen LogP contribution >= 0.6 is 15.9 Å². The van der Waals surface area contributed by atoms with E-state index in [1.165, 1.54) is 0 Å². The maximum absolute atomic E-state index is 12.5. The molecule has 0 aromatic heterocycles. The van der Waals surface area contributed by atoms with Crippen molar-refractivity contribution in [3.63, 3.8) is 0 Å². The number of benzene rings is 2. The van der Waals surface area contributed by atoms with Gasteiger partial charge in [0.15, 0.2) is 5.78 Å². The molecule has 3 rings (SSSR count). The first-order valence-electron chi connectivity index (χ1n) is 6.46. The van der Waals surface area contributed by atoms with Crippen LogP contribution in [0, 0.1) is 0 Å². The number of amides is 1. The Labute approximate surface area is 130 Å². The van der Waals surface area contributed by atoms with Crippen molar-refractivity contribution >= 4 is 39.0 Å². The van der Waals surface area contributed by atoms with Gasteiger partial charge in [-0.1, -0.05) is 15.9 Å². The standard InChI is InChI=1S/C16H13BrN2O2/c1-19-14-3-2-9(4-10(14)7-15(19)20)16(21)11-5-12(17)8-13(18)6-11/h2-6,8H,7,18H2,1H3. The maximum atomic E-state index is 12.5. The van der Waals surface area contributed by atoms with Crippen LogP contribution in [0.2, 0.25) is 0 Å². The molecular weight excluding hydrogens is 332 g/mol. The molecule has 0 unspecified atom stereocenters. The second-order valence-electron chi connectivity index (χ2n) is 5.08. The first kappa shape index (κ1) is 13.8. The van der Waals surface area contributed by atoms with Crippen molar-refractivity contribution in [2.24, 2.45) is 0 Å². The number of halogens is 1. The van der Waals surface area contributed by atoms with Gasteiger partial charge < -0.3 is 10.6 Å². The number of anilines is 2. The third-order valence-electron chi connectivity index (χ3n) is 3.60. The zero-order valence-electron chi connectivity index (χ0n) is 11.4. The summed E-state index contributed by atoms with van der Waals surface area (Å²) in [7, 11) is 1.74. The monoisotopic (exact) mass is 344 g/mol. The molecule has 0 aliphatic carbocycles. The molecule has 5 heteroatoms. The first-order chi connectivity index (χ1) is 9.95. The van der Waals surface area contributed by atoms with Gasteiger partial charge in [-0.05, 0) is 42.0 Å². The van der Waals surface area contributed by atoms with Crippen LogP contribution in [0.1, 0.15) is 21.5 Å². The molecule has 0 saturated heterocycles. The number of carbonyl (C=O) groups excluding carboxylic acids is 2. The molecule has 21 heavy (non-hydrogen) atoms. The number of hydrogen-bond acceptors (Lipinski definition) is 3. The lowest BCUT2D eigenvalue weighted by Crippen LogP contribution is -2.20. The van der Waals surface area contributed by atoms with Crippen molar-refractivity contribution in [1.82, 2.24) is 0 Å². The molecule has 0 atom stereocenters. The van der Waals surface area contributed by atoms with Gasteiger partial charge in [-0.2, -0.15) is 0 Å². The highest BCUT2D eigenvalue weighted by molar-refractivity contribution is 9.10. The van der Waals surface area contributed by atoms with Crippen LogP contribution < -0.4 is 10.6 Å². The molecule has 2 aromatic rings. The van der Waals surface area contributed by atoms with Gasteiger partial charge in [0.1, 0.15) is 0 Å². The summed E-state index contributed by atoms with van der Waals surface area (Å²) < 4.78 is 0.766. The van der Waals surface area contributed by atoms with Crippen LogP contribution in [-0.2, 0) is 11.2 Å². The molecular formula is C16H13BrN2O2. The lowest BCUT2D eigenvalue weighted by molar-refractivity contribution is -0.117. The van der Waals surface area contributed by atoms with E-state index in [4.69, 9.17) is 5.73 Å². The number of nitrogen functional groups attached to an aromatic ring is 1. The van der Waals surface area contributed by atoms with Crippen molar-refractivity contribution in [2.45, 2.75) is 6.42 Å². The maximum Gasteiger partial charge on any atom is 0.231 e. The molecule has 2 aromatic carbocycles. The number of fused-ring (bicyclic) bond motifs is 1. The second-order valence-corrected chi connectivity index (χ2v) is 5.99. The van der Waals surface area contributed by atoms with Gasteiger partial charge in [-0.25, -0.2) is 0 Å². The molecule has 1 aliphatic rings. The van der Waals surface area contributed by atoms with Gasteiger partial charge in [0, 0.05) is 34.0 Å². The van der Waals surface area contributed by atoms with Gasteiger partial charge in [0.25, 0.3) is 0 Å². The summed E-state index contributed by atoms with van der Waals surface area (Å²) in [6.45, 7) is 0. The Balaban J connectivity index is 2.00. The summed E-state index contributed by atoms with van der Waals surface area (Å²) in [6.07, 6.45) is 0.341. The van der Waals surface area contributed by atoms with Crippen molar-refractivity contribution in [1.29, 1.82) is 0 Å². The summed E-state index contributed by atoms with van der Waals surface area (Å²) >= 11 is 3.34. The molecule has 1 heterocycles. The molecule has 0 spiro atoms. The minimum Gasteiger partial charge on any atom is -0.399 e. The normalized spacial score (nSPS) is 13.4. The molecule has 0 radical (unpaired) electrons. The van der Waals surface area contributed by atoms with Gasteiger partial charge in [-0.15, -0.1) is 0 Å². The Hall–Kier alpha value is -2.14. The van der Waals surface area contributed by atoms with E-state index in [2.05, 4.69) is 15.9 Å². The van der Waals surface area contributed by atoms with E-state index in [1.807, 2.05) is 6.07 Å². The zero-order valence-corrected chi connectivity index (χ0v) is 13.0. The first-order valence-corrected chi connectivity index (χ1v) is 7.25. The van der Waals surface area contributed by atoms with E-state index >= 15 is 0 Å². The van der Waals surface area contributed by atoms with Gasteiger partial charge in [-0.3, -0.25) is 9.59 Å². The Morgan fingerprint density at radius 2 is 1.95 bits per heavy atom. The minimum absolute atomic E-state index is 0.0429. The molecule has 2 N–H and O–H groups in total. The SMILES string of the molecule is CN1C(=O)Cc2cc(C(=O)c3cc(N)cc(Br)c3)ccc21. The largest absolute Gasteiger partial charge is 0.399 e. The third-order valence-corrected chi connectivity index (χ3v) is 4.06. The molecule has 106 valence electrons. The van der Waals surface area contributed by atoms with E-state index in [1.54, 1.807) is 42.3 Å². The third kappa shape index (κ3) is 2.45. The molecule has 1 aliphatic heterocycles. The Bertz CT molecular complexity index is 751. The fraction of sp³-hybridized carbons (Fsp3) is 0.125. The quantitative estimate of drug-likeness (QED) is 0.672. The number of hydrogen-bond donors (Lipinski definition) is 1. The summed E-state index contributed by atoms with van der Waals surface area (Å²) in [5.41, 5.74) is 9.14. The van der Waals surface area contributed by atoms with E-state index in [-0.39, 0.29) is 11.7 Å². The number of rotatable bonds is 2. The highest BCUT2D eigenvalue weighted by Gasteiger charge is 2.25. The van der Waals surface area contributed by atoms with Crippen LogP contribution in [0.5, 0.6) is 0 Å². The fourth-order valence-electron chi connectivity index (χ4n) is 2.52. The Morgan fingerprint density at radius 3 is 2.67 bits per heavy atom. The van der Waals surface area contributed by atoms with E-state index in [9.17, 15) is 9.59 Å². The van der Waals surface area contributed by atoms with E-state index in [0.717, 1.165) is 15.7 Å². The lowest BCUT2D eigenvalue weighted by atomic mass is 10.00. The number of likely N-dealkylation sites (N-methyl/N-ethyl adjacent to an activating group) is 1. The highest BCUT2D eigenvalue weighted by Crippen LogP contribution is 2.29. The number of carbonyl (C=O) groups is 2. The highest BCUT2D eigenvalue weighted by atomic mass is 79.9. The lowest BCUT2D eigenvalue weighted by Gasteiger charge is -2.10. The summed E-state index contributed by atoms with van der Waals surface area (Å²) in [5, 5.41) is 0. The van der Waals surface area contributed by atoms with E-state index in [0.29, 0.717) is 23.2 Å². The minimum atomic E-state index is -0.104. The molecule has 4 nitrogen and oxygen atoms in total. The summed E-state index contributed by atoms with van der Waals surface area (Å²) in [5.74, 6) is -0.0610.